The summed E-state index contributed by atoms with van der Waals surface area (Å²) < 4.78 is 0. The summed E-state index contributed by atoms with van der Waals surface area (Å²) in [4.78, 5) is 4.87. The number of hydrogen-bond acceptors (Lipinski definition) is 3. The summed E-state index contributed by atoms with van der Waals surface area (Å²) >= 11 is 0. The van der Waals surface area contributed by atoms with Crippen molar-refractivity contribution in [1.82, 2.24) is 9.80 Å². The molecule has 1 heterocycles. The second-order valence-electron chi connectivity index (χ2n) is 6.43. The van der Waals surface area contributed by atoms with Gasteiger partial charge in [-0.15, -0.1) is 0 Å². The van der Waals surface area contributed by atoms with Gasteiger partial charge in [-0.05, 0) is 62.0 Å². The van der Waals surface area contributed by atoms with Crippen molar-refractivity contribution in [1.29, 1.82) is 0 Å². The maximum Gasteiger partial charge on any atom is 0.0366 e. The Balaban J connectivity index is 1.82. The summed E-state index contributed by atoms with van der Waals surface area (Å²) in [7, 11) is 4.31. The zero-order valence-electron chi connectivity index (χ0n) is 13.0. The Morgan fingerprint density at radius 2 is 1.90 bits per heavy atom. The van der Waals surface area contributed by atoms with Gasteiger partial charge in [0.05, 0.1) is 0 Å². The molecule has 21 heavy (non-hydrogen) atoms. The summed E-state index contributed by atoms with van der Waals surface area (Å²) in [6, 6.07) is 13.5. The number of rotatable bonds is 4. The first kappa shape index (κ1) is 14.4. The molecule has 0 radical (unpaired) electrons. The number of nitrogen functional groups attached to an aromatic ring is 1. The predicted molar refractivity (Wildman–Crippen MR) is 90.3 cm³/mol. The van der Waals surface area contributed by atoms with Gasteiger partial charge in [0.1, 0.15) is 0 Å². The van der Waals surface area contributed by atoms with Crippen LogP contribution in [-0.4, -0.2) is 43.0 Å². The van der Waals surface area contributed by atoms with Gasteiger partial charge < -0.3 is 10.6 Å². The highest BCUT2D eigenvalue weighted by atomic mass is 15.2. The topological polar surface area (TPSA) is 32.5 Å². The second kappa shape index (κ2) is 6.04. The number of nitrogens with two attached hydrogens (primary N) is 1. The van der Waals surface area contributed by atoms with E-state index in [-0.39, 0.29) is 0 Å². The normalized spacial score (nSPS) is 19.7. The van der Waals surface area contributed by atoms with Crippen molar-refractivity contribution in [2.24, 2.45) is 0 Å². The van der Waals surface area contributed by atoms with Gasteiger partial charge in [0.2, 0.25) is 0 Å². The molecular formula is C18H25N3. The molecule has 3 nitrogen and oxygen atoms in total. The van der Waals surface area contributed by atoms with E-state index in [9.17, 15) is 0 Å². The fourth-order valence-corrected chi connectivity index (χ4v) is 3.39. The van der Waals surface area contributed by atoms with E-state index in [0.29, 0.717) is 6.04 Å². The van der Waals surface area contributed by atoms with E-state index in [0.717, 1.165) is 18.8 Å². The first-order valence-corrected chi connectivity index (χ1v) is 7.79. The zero-order chi connectivity index (χ0) is 14.8. The number of benzene rings is 2. The fraction of sp³-hybridized carbons (Fsp3) is 0.444. The molecule has 1 fully saturated rings. The number of likely N-dealkylation sites (tertiary alicyclic amines) is 1. The van der Waals surface area contributed by atoms with Crippen LogP contribution in [0.5, 0.6) is 0 Å². The van der Waals surface area contributed by atoms with E-state index >= 15 is 0 Å². The molecule has 1 saturated heterocycles. The summed E-state index contributed by atoms with van der Waals surface area (Å²) in [5.41, 5.74) is 8.46. The second-order valence-corrected chi connectivity index (χ2v) is 6.43. The molecule has 0 spiro atoms. The molecule has 0 saturated carbocycles. The molecule has 2 aromatic rings. The van der Waals surface area contributed by atoms with E-state index in [1.165, 1.54) is 35.7 Å². The zero-order valence-corrected chi connectivity index (χ0v) is 13.0. The Morgan fingerprint density at radius 1 is 1.19 bits per heavy atom. The van der Waals surface area contributed by atoms with Gasteiger partial charge >= 0.3 is 0 Å². The molecule has 1 atom stereocenters. The van der Waals surface area contributed by atoms with Gasteiger partial charge in [-0.1, -0.05) is 24.3 Å². The van der Waals surface area contributed by atoms with Crippen molar-refractivity contribution in [3.8, 4) is 0 Å². The average molecular weight is 283 g/mol. The molecular weight excluding hydrogens is 258 g/mol. The van der Waals surface area contributed by atoms with Crippen molar-refractivity contribution < 1.29 is 0 Å². The van der Waals surface area contributed by atoms with Crippen molar-refractivity contribution in [3.05, 3.63) is 42.0 Å². The first-order chi connectivity index (χ1) is 10.1. The van der Waals surface area contributed by atoms with Gasteiger partial charge in [0.25, 0.3) is 0 Å². The lowest BCUT2D eigenvalue weighted by atomic mass is 10.0. The highest BCUT2D eigenvalue weighted by Gasteiger charge is 2.25. The third-order valence-corrected chi connectivity index (χ3v) is 4.46. The van der Waals surface area contributed by atoms with Gasteiger partial charge in [0, 0.05) is 24.8 Å². The first-order valence-electron chi connectivity index (χ1n) is 7.79. The molecule has 0 aliphatic carbocycles. The molecule has 3 rings (SSSR count). The molecule has 0 bridgehead atoms. The minimum absolute atomic E-state index is 0.658. The Kier molecular flexibility index (Phi) is 4.13. The Hall–Kier alpha value is -1.58. The van der Waals surface area contributed by atoms with Crippen molar-refractivity contribution in [2.45, 2.75) is 25.4 Å². The Bertz CT molecular complexity index is 621. The number of nitrogens with zero attached hydrogens (tertiary/aromatic N) is 2. The van der Waals surface area contributed by atoms with Crippen molar-refractivity contribution in [2.75, 3.05) is 32.9 Å². The summed E-state index contributed by atoms with van der Waals surface area (Å²) in [5, 5.41) is 2.51. The quantitative estimate of drug-likeness (QED) is 0.876. The van der Waals surface area contributed by atoms with Crippen LogP contribution in [0, 0.1) is 0 Å². The Morgan fingerprint density at radius 3 is 2.62 bits per heavy atom. The van der Waals surface area contributed by atoms with E-state index in [1.54, 1.807) is 0 Å². The summed E-state index contributed by atoms with van der Waals surface area (Å²) in [5.74, 6) is 0. The maximum atomic E-state index is 6.27. The van der Waals surface area contributed by atoms with E-state index in [1.807, 2.05) is 0 Å². The van der Waals surface area contributed by atoms with E-state index in [2.05, 4.69) is 60.3 Å². The molecule has 1 unspecified atom stereocenters. The number of anilines is 1. The van der Waals surface area contributed by atoms with E-state index in [4.69, 9.17) is 5.73 Å². The molecule has 1 aliphatic rings. The third-order valence-electron chi connectivity index (χ3n) is 4.46. The van der Waals surface area contributed by atoms with Crippen molar-refractivity contribution >= 4 is 16.5 Å². The minimum atomic E-state index is 0.658. The fourth-order valence-electron chi connectivity index (χ4n) is 3.39. The number of fused-ring (bicyclic) bond motifs is 1. The monoisotopic (exact) mass is 283 g/mol. The highest BCUT2D eigenvalue weighted by molar-refractivity contribution is 5.86. The highest BCUT2D eigenvalue weighted by Crippen LogP contribution is 2.26. The lowest BCUT2D eigenvalue weighted by Gasteiger charge is -2.27. The molecule has 0 aromatic heterocycles. The minimum Gasteiger partial charge on any atom is -0.398 e. The van der Waals surface area contributed by atoms with Crippen molar-refractivity contribution in [3.63, 3.8) is 0 Å². The van der Waals surface area contributed by atoms with Crippen LogP contribution < -0.4 is 5.73 Å². The molecule has 112 valence electrons. The van der Waals surface area contributed by atoms with Crippen LogP contribution >= 0.6 is 0 Å². The van der Waals surface area contributed by atoms with Crippen LogP contribution in [0.2, 0.25) is 0 Å². The summed E-state index contributed by atoms with van der Waals surface area (Å²) in [6.45, 7) is 3.29. The largest absolute Gasteiger partial charge is 0.398 e. The van der Waals surface area contributed by atoms with E-state index < -0.39 is 0 Å². The van der Waals surface area contributed by atoms with Gasteiger partial charge in [0.15, 0.2) is 0 Å². The van der Waals surface area contributed by atoms with Crippen LogP contribution in [0.3, 0.4) is 0 Å². The van der Waals surface area contributed by atoms with Gasteiger partial charge in [-0.2, -0.15) is 0 Å². The van der Waals surface area contributed by atoms with Gasteiger partial charge in [-0.25, -0.2) is 0 Å². The van der Waals surface area contributed by atoms with Crippen LogP contribution in [0.1, 0.15) is 18.4 Å². The molecule has 0 amide bonds. The smallest absolute Gasteiger partial charge is 0.0366 e. The average Bonchev–Trinajstić information content (AvgIpc) is 2.86. The summed E-state index contributed by atoms with van der Waals surface area (Å²) in [6.07, 6.45) is 2.59. The molecule has 3 heteroatoms. The lowest BCUT2D eigenvalue weighted by molar-refractivity contribution is 0.201. The molecule has 2 N–H and O–H groups in total. The molecule has 2 aromatic carbocycles. The Labute approximate surface area is 127 Å². The van der Waals surface area contributed by atoms with Gasteiger partial charge in [-0.3, -0.25) is 4.90 Å². The van der Waals surface area contributed by atoms with Crippen LogP contribution in [-0.2, 0) is 6.54 Å². The standard InChI is InChI=1S/C18H25N3/c1-20(2)13-17-8-5-9-21(17)12-16-10-14-6-3-4-7-15(14)11-18(16)19/h3-4,6-7,10-11,17H,5,8-9,12-13,19H2,1-2H3. The number of likely N-dealkylation sites (N-methyl/N-ethyl adjacent to an activating group) is 1. The molecule has 1 aliphatic heterocycles. The predicted octanol–water partition coefficient (Wildman–Crippen LogP) is 2.95. The maximum absolute atomic E-state index is 6.27. The third kappa shape index (κ3) is 3.20. The van der Waals surface area contributed by atoms with Crippen LogP contribution in [0.15, 0.2) is 36.4 Å². The van der Waals surface area contributed by atoms with Crippen LogP contribution in [0.25, 0.3) is 10.8 Å². The lowest BCUT2D eigenvalue weighted by Crippen LogP contribution is -2.37. The van der Waals surface area contributed by atoms with Crippen LogP contribution in [0.4, 0.5) is 5.69 Å². The number of hydrogen-bond donors (Lipinski definition) is 1. The SMILES string of the molecule is CN(C)CC1CCCN1Cc1cc2ccccc2cc1N.